The predicted molar refractivity (Wildman–Crippen MR) is 170 cm³/mol. The molecular weight excluding hydrogens is 543 g/mol. The van der Waals surface area contributed by atoms with Crippen LogP contribution in [0.15, 0.2) is 52.5 Å². The van der Waals surface area contributed by atoms with Crippen LogP contribution in [0.4, 0.5) is 10.1 Å². The van der Waals surface area contributed by atoms with E-state index < -0.39 is 0 Å². The number of likely N-dealkylation sites (tertiary alicyclic amines) is 1. The molecule has 8 nitrogen and oxygen atoms in total. The van der Waals surface area contributed by atoms with E-state index in [0.29, 0.717) is 58.6 Å². The van der Waals surface area contributed by atoms with Gasteiger partial charge in [-0.1, -0.05) is 26.8 Å². The first-order valence-corrected chi connectivity index (χ1v) is 15.6. The standard InChI is InChI=1S/C34H45FN6O2/c1-21-28-15-23(34(28,2)3)16-30(21)38-33(40-14-12-25(19-40)39(4)5)37-24-8-10-27-31(17-24)36-20-41(32(27)42)13-11-22-7-9-26(43-6)18-29(22)35/h7-10,17-18,20-21,23,25,28,30H,11-16,19H2,1-6H3,(H,37,38)/t21-,23-,25+,28+,30-/m0/s1. The minimum absolute atomic E-state index is 0.134. The van der Waals surface area contributed by atoms with E-state index in [1.54, 1.807) is 23.0 Å². The third-order valence-corrected chi connectivity index (χ3v) is 10.8. The fourth-order valence-corrected chi connectivity index (χ4v) is 7.62. The van der Waals surface area contributed by atoms with Gasteiger partial charge in [-0.05, 0) is 92.8 Å². The van der Waals surface area contributed by atoms with Crippen molar-refractivity contribution in [3.63, 3.8) is 0 Å². The minimum atomic E-state index is -0.340. The van der Waals surface area contributed by atoms with Crippen LogP contribution in [-0.4, -0.2) is 71.7 Å². The summed E-state index contributed by atoms with van der Waals surface area (Å²) in [5, 5.41) is 4.18. The average Bonchev–Trinajstić information content (AvgIpc) is 3.48. The normalized spacial score (nSPS) is 26.6. The number of nitrogens with zero attached hydrogens (tertiary/aromatic N) is 5. The summed E-state index contributed by atoms with van der Waals surface area (Å²) in [6.45, 7) is 9.47. The van der Waals surface area contributed by atoms with E-state index in [1.807, 2.05) is 18.2 Å². The van der Waals surface area contributed by atoms with Crippen molar-refractivity contribution in [1.82, 2.24) is 19.4 Å². The van der Waals surface area contributed by atoms with Crippen LogP contribution in [-0.2, 0) is 13.0 Å². The molecule has 3 aromatic rings. The first kappa shape index (κ1) is 29.6. The summed E-state index contributed by atoms with van der Waals surface area (Å²) in [5.74, 6) is 3.07. The fourth-order valence-electron chi connectivity index (χ4n) is 7.62. The fraction of sp³-hybridized carbons (Fsp3) is 0.559. The SMILES string of the molecule is COc1ccc(CCn2cnc3cc(NC(=N[C@H]4C[C@@H]5C[C@H]([C@@H]4C)C5(C)C)N4CC[C@@H](N(C)C)C4)ccc3c2=O)c(F)c1. The lowest BCUT2D eigenvalue weighted by molar-refractivity contribution is -0.108. The molecule has 0 unspecified atom stereocenters. The molecule has 1 saturated heterocycles. The van der Waals surface area contributed by atoms with E-state index in [1.165, 1.54) is 19.6 Å². The summed E-state index contributed by atoms with van der Waals surface area (Å²) in [5.41, 5.74) is 2.32. The number of fused-ring (bicyclic) bond motifs is 3. The maximum Gasteiger partial charge on any atom is 0.261 e. The Morgan fingerprint density at radius 2 is 2.02 bits per heavy atom. The zero-order chi connectivity index (χ0) is 30.5. The third kappa shape index (κ3) is 5.64. The van der Waals surface area contributed by atoms with Crippen LogP contribution in [0.3, 0.4) is 0 Å². The molecule has 0 spiro atoms. The van der Waals surface area contributed by atoms with Crippen molar-refractivity contribution in [3.05, 3.63) is 64.5 Å². The molecule has 9 heteroatoms. The van der Waals surface area contributed by atoms with Gasteiger partial charge in [0.15, 0.2) is 5.96 Å². The Bertz CT molecular complexity index is 1580. The number of methoxy groups -OCH3 is 1. The first-order valence-electron chi connectivity index (χ1n) is 15.6. The van der Waals surface area contributed by atoms with Crippen LogP contribution in [0.1, 0.15) is 45.6 Å². The number of hydrogen-bond acceptors (Lipinski definition) is 5. The second kappa shape index (κ2) is 11.6. The number of aryl methyl sites for hydroxylation is 2. The number of benzene rings is 2. The van der Waals surface area contributed by atoms with Gasteiger partial charge < -0.3 is 19.9 Å². The summed E-state index contributed by atoms with van der Waals surface area (Å²) in [6, 6.07) is 11.3. The van der Waals surface area contributed by atoms with Crippen molar-refractivity contribution < 1.29 is 9.13 Å². The van der Waals surface area contributed by atoms with Gasteiger partial charge in [-0.3, -0.25) is 9.36 Å². The second-order valence-corrected chi connectivity index (χ2v) is 13.6. The molecule has 0 radical (unpaired) electrons. The van der Waals surface area contributed by atoms with Gasteiger partial charge in [-0.15, -0.1) is 0 Å². The summed E-state index contributed by atoms with van der Waals surface area (Å²) < 4.78 is 21.1. The molecule has 4 fully saturated rings. The quantitative estimate of drug-likeness (QED) is 0.300. The molecule has 1 aromatic heterocycles. The van der Waals surface area contributed by atoms with E-state index >= 15 is 0 Å². The van der Waals surface area contributed by atoms with Gasteiger partial charge in [-0.25, -0.2) is 14.4 Å². The molecular formula is C34H45FN6O2. The minimum Gasteiger partial charge on any atom is -0.497 e. The number of aromatic nitrogens is 2. The number of ether oxygens (including phenoxy) is 1. The highest BCUT2D eigenvalue weighted by molar-refractivity contribution is 5.96. The number of guanidine groups is 1. The Labute approximate surface area is 254 Å². The third-order valence-electron chi connectivity index (χ3n) is 10.8. The predicted octanol–water partition coefficient (Wildman–Crippen LogP) is 5.26. The molecule has 2 aromatic carbocycles. The molecule has 230 valence electrons. The Morgan fingerprint density at radius 1 is 1.21 bits per heavy atom. The van der Waals surface area contributed by atoms with Crippen LogP contribution < -0.4 is 15.6 Å². The molecule has 3 aliphatic carbocycles. The van der Waals surface area contributed by atoms with Gasteiger partial charge in [0.1, 0.15) is 11.6 Å². The Balaban J connectivity index is 1.22. The molecule has 0 amide bonds. The maximum atomic E-state index is 14.4. The highest BCUT2D eigenvalue weighted by atomic mass is 19.1. The molecule has 43 heavy (non-hydrogen) atoms. The molecule has 1 N–H and O–H groups in total. The summed E-state index contributed by atoms with van der Waals surface area (Å²) >= 11 is 0. The summed E-state index contributed by atoms with van der Waals surface area (Å²) in [6.07, 6.45) is 5.51. The zero-order valence-electron chi connectivity index (χ0n) is 26.3. The number of nitrogens with one attached hydrogen (secondary N) is 1. The van der Waals surface area contributed by atoms with Crippen molar-refractivity contribution in [2.75, 3.05) is 39.6 Å². The van der Waals surface area contributed by atoms with Crippen LogP contribution in [0.2, 0.25) is 0 Å². The van der Waals surface area contributed by atoms with Crippen LogP contribution in [0.25, 0.3) is 10.9 Å². The lowest BCUT2D eigenvalue weighted by atomic mass is 9.45. The number of aliphatic imine (C=N–C) groups is 1. The van der Waals surface area contributed by atoms with E-state index in [9.17, 15) is 9.18 Å². The van der Waals surface area contributed by atoms with E-state index in [-0.39, 0.29) is 11.4 Å². The molecule has 5 atom stereocenters. The highest BCUT2D eigenvalue weighted by Gasteiger charge is 2.56. The number of likely N-dealkylation sites (N-methyl/N-ethyl adjacent to an activating group) is 1. The van der Waals surface area contributed by atoms with Gasteiger partial charge in [0.2, 0.25) is 0 Å². The molecule has 4 aliphatic rings. The number of anilines is 1. The highest BCUT2D eigenvalue weighted by Crippen LogP contribution is 2.61. The molecule has 3 saturated carbocycles. The topological polar surface area (TPSA) is 75.0 Å². The Hall–Kier alpha value is -3.46. The van der Waals surface area contributed by atoms with Crippen molar-refractivity contribution in [3.8, 4) is 5.75 Å². The maximum absolute atomic E-state index is 14.4. The summed E-state index contributed by atoms with van der Waals surface area (Å²) in [4.78, 5) is 28.0. The monoisotopic (exact) mass is 588 g/mol. The van der Waals surface area contributed by atoms with E-state index in [2.05, 4.69) is 55.0 Å². The van der Waals surface area contributed by atoms with Crippen LogP contribution in [0, 0.1) is 29.0 Å². The number of rotatable bonds is 7. The molecule has 7 rings (SSSR count). The summed E-state index contributed by atoms with van der Waals surface area (Å²) in [7, 11) is 5.80. The van der Waals surface area contributed by atoms with E-state index in [4.69, 9.17) is 9.73 Å². The van der Waals surface area contributed by atoms with Crippen molar-refractivity contribution in [1.29, 1.82) is 0 Å². The van der Waals surface area contributed by atoms with E-state index in [0.717, 1.165) is 49.4 Å². The van der Waals surface area contributed by atoms with Gasteiger partial charge in [-0.2, -0.15) is 0 Å². The molecule has 2 bridgehead atoms. The lowest BCUT2D eigenvalue weighted by Gasteiger charge is -2.61. The number of hydrogen-bond donors (Lipinski definition) is 1. The average molecular weight is 589 g/mol. The number of halogens is 1. The smallest absolute Gasteiger partial charge is 0.261 e. The van der Waals surface area contributed by atoms with Gasteiger partial charge in [0.25, 0.3) is 5.56 Å². The Morgan fingerprint density at radius 3 is 2.70 bits per heavy atom. The second-order valence-electron chi connectivity index (χ2n) is 13.6. The largest absolute Gasteiger partial charge is 0.497 e. The van der Waals surface area contributed by atoms with Crippen LogP contribution in [0.5, 0.6) is 5.75 Å². The van der Waals surface area contributed by atoms with Gasteiger partial charge >= 0.3 is 0 Å². The lowest BCUT2D eigenvalue weighted by Crippen LogP contribution is -2.56. The zero-order valence-corrected chi connectivity index (χ0v) is 26.3. The molecule has 1 aliphatic heterocycles. The van der Waals surface area contributed by atoms with Gasteiger partial charge in [0.05, 0.1) is 30.4 Å². The van der Waals surface area contributed by atoms with Gasteiger partial charge in [0, 0.05) is 37.4 Å². The van der Waals surface area contributed by atoms with Crippen molar-refractivity contribution in [2.45, 2.75) is 65.1 Å². The Kier molecular flexibility index (Phi) is 7.96. The van der Waals surface area contributed by atoms with Crippen LogP contribution >= 0.6 is 0 Å². The van der Waals surface area contributed by atoms with Crippen molar-refractivity contribution >= 4 is 22.5 Å². The van der Waals surface area contributed by atoms with Crippen molar-refractivity contribution in [2.24, 2.45) is 28.2 Å². The first-order chi connectivity index (χ1) is 20.5. The molecule has 2 heterocycles.